The summed E-state index contributed by atoms with van der Waals surface area (Å²) in [6.07, 6.45) is 1.09. The zero-order valence-electron chi connectivity index (χ0n) is 15.3. The molecule has 0 saturated heterocycles. The topological polar surface area (TPSA) is 115 Å². The number of fused-ring (bicyclic) bond motifs is 2. The summed E-state index contributed by atoms with van der Waals surface area (Å²) >= 11 is 0. The van der Waals surface area contributed by atoms with E-state index in [-0.39, 0.29) is 5.69 Å². The summed E-state index contributed by atoms with van der Waals surface area (Å²) in [6, 6.07) is 19.1. The number of pyridine rings is 1. The predicted octanol–water partition coefficient (Wildman–Crippen LogP) is 3.83. The van der Waals surface area contributed by atoms with Gasteiger partial charge in [-0.15, -0.1) is 0 Å². The first kappa shape index (κ1) is 18.6. The van der Waals surface area contributed by atoms with Crippen molar-refractivity contribution in [3.05, 3.63) is 76.8 Å². The van der Waals surface area contributed by atoms with Crippen molar-refractivity contribution in [2.75, 3.05) is 16.3 Å². The van der Waals surface area contributed by atoms with Crippen molar-refractivity contribution in [3.8, 4) is 0 Å². The summed E-state index contributed by atoms with van der Waals surface area (Å²) in [5.74, 6) is 0. The van der Waals surface area contributed by atoms with Gasteiger partial charge in [-0.3, -0.25) is 14.8 Å². The van der Waals surface area contributed by atoms with Crippen molar-refractivity contribution in [2.45, 2.75) is 0 Å². The van der Waals surface area contributed by atoms with Crippen LogP contribution in [-0.2, 0) is 10.0 Å². The number of non-ortho nitro benzene ring substituents is 1. The number of hydrogen-bond donors (Lipinski definition) is 2. The molecule has 1 aromatic heterocycles. The summed E-state index contributed by atoms with van der Waals surface area (Å²) in [4.78, 5) is 14.1. The van der Waals surface area contributed by atoms with Crippen molar-refractivity contribution in [1.29, 1.82) is 0 Å². The van der Waals surface area contributed by atoms with Gasteiger partial charge in [0.1, 0.15) is 0 Å². The van der Waals surface area contributed by atoms with Gasteiger partial charge in [-0.2, -0.15) is 0 Å². The molecule has 1 heterocycles. The number of H-pyrrole nitrogens is 1. The second-order valence-electron chi connectivity index (χ2n) is 6.61. The van der Waals surface area contributed by atoms with Gasteiger partial charge in [0.2, 0.25) is 21.1 Å². The first-order valence-corrected chi connectivity index (χ1v) is 10.6. The van der Waals surface area contributed by atoms with Crippen LogP contribution in [0.3, 0.4) is 0 Å². The average Bonchev–Trinajstić information content (AvgIpc) is 2.67. The third kappa shape index (κ3) is 3.94. The number of anilines is 3. The van der Waals surface area contributed by atoms with E-state index in [4.69, 9.17) is 0 Å². The van der Waals surface area contributed by atoms with Crippen LogP contribution >= 0.6 is 0 Å². The maximum absolute atomic E-state index is 11.4. The maximum atomic E-state index is 11.4. The van der Waals surface area contributed by atoms with E-state index in [0.29, 0.717) is 16.8 Å². The average molecular weight is 409 g/mol. The highest BCUT2D eigenvalue weighted by Crippen LogP contribution is 2.33. The van der Waals surface area contributed by atoms with Crippen LogP contribution in [0.15, 0.2) is 66.7 Å². The monoisotopic (exact) mass is 409 g/mol. The van der Waals surface area contributed by atoms with Crippen LogP contribution in [0.2, 0.25) is 0 Å². The number of benzene rings is 3. The van der Waals surface area contributed by atoms with Gasteiger partial charge in [0, 0.05) is 35.6 Å². The van der Waals surface area contributed by atoms with Gasteiger partial charge < -0.3 is 5.32 Å². The fourth-order valence-electron chi connectivity index (χ4n) is 3.18. The van der Waals surface area contributed by atoms with Gasteiger partial charge in [0.05, 0.1) is 27.6 Å². The summed E-state index contributed by atoms with van der Waals surface area (Å²) in [5.41, 5.74) is 3.52. The Morgan fingerprint density at radius 2 is 1.55 bits per heavy atom. The molecule has 0 aliphatic carbocycles. The molecule has 0 radical (unpaired) electrons. The van der Waals surface area contributed by atoms with Gasteiger partial charge in [-0.05, 0) is 30.3 Å². The van der Waals surface area contributed by atoms with Crippen LogP contribution < -0.4 is 15.0 Å². The largest absolute Gasteiger partial charge is 0.354 e. The van der Waals surface area contributed by atoms with Crippen molar-refractivity contribution in [1.82, 2.24) is 0 Å². The first-order chi connectivity index (χ1) is 13.8. The minimum absolute atomic E-state index is 0.00284. The number of nitrogens with zero attached hydrogens (tertiary/aromatic N) is 1. The number of nitro benzene ring substituents is 1. The second-order valence-corrected chi connectivity index (χ2v) is 8.36. The molecular weight excluding hydrogens is 392 g/mol. The lowest BCUT2D eigenvalue weighted by molar-refractivity contribution is -0.384. The lowest BCUT2D eigenvalue weighted by Gasteiger charge is -2.11. The number of aromatic amines is 1. The SMILES string of the molecule is CS(=O)(=O)Nc1ccc(Nc2c3ccccc3[nH+]c3ccc([N+](=O)[O-])cc23)cc1. The maximum Gasteiger partial charge on any atom is 0.270 e. The number of nitrogens with one attached hydrogen (secondary N) is 3. The zero-order chi connectivity index (χ0) is 20.6. The molecule has 0 bridgehead atoms. The molecule has 8 nitrogen and oxygen atoms in total. The summed E-state index contributed by atoms with van der Waals surface area (Å²) < 4.78 is 25.2. The van der Waals surface area contributed by atoms with Crippen LogP contribution in [0.1, 0.15) is 0 Å². The first-order valence-electron chi connectivity index (χ1n) is 8.67. The summed E-state index contributed by atoms with van der Waals surface area (Å²) in [6.45, 7) is 0. The standard InChI is InChI=1S/C20H16N4O4S/c1-29(27,28)23-14-8-6-13(7-9-14)21-20-16-4-2-3-5-18(16)22-19-11-10-15(24(25)26)12-17(19)20/h2-12,23H,1H3,(H,21,22)/p+1. The number of hydrogen-bond acceptors (Lipinski definition) is 5. The van der Waals surface area contributed by atoms with Gasteiger partial charge in [0.25, 0.3) is 5.69 Å². The van der Waals surface area contributed by atoms with E-state index in [1.54, 1.807) is 30.3 Å². The molecule has 0 spiro atoms. The predicted molar refractivity (Wildman–Crippen MR) is 113 cm³/mol. The Morgan fingerprint density at radius 1 is 0.897 bits per heavy atom. The molecule has 4 aromatic rings. The number of rotatable bonds is 5. The van der Waals surface area contributed by atoms with Crippen molar-refractivity contribution >= 4 is 54.6 Å². The minimum atomic E-state index is -3.36. The van der Waals surface area contributed by atoms with Gasteiger partial charge in [-0.1, -0.05) is 12.1 Å². The van der Waals surface area contributed by atoms with Crippen LogP contribution in [0.5, 0.6) is 0 Å². The number of sulfonamides is 1. The van der Waals surface area contributed by atoms with Crippen LogP contribution in [0.4, 0.5) is 22.7 Å². The molecule has 0 saturated carbocycles. The van der Waals surface area contributed by atoms with E-state index < -0.39 is 14.9 Å². The number of para-hydroxylation sites is 1. The highest BCUT2D eigenvalue weighted by molar-refractivity contribution is 7.92. The van der Waals surface area contributed by atoms with Crippen molar-refractivity contribution in [3.63, 3.8) is 0 Å². The van der Waals surface area contributed by atoms with Crippen molar-refractivity contribution in [2.24, 2.45) is 0 Å². The smallest absolute Gasteiger partial charge is 0.270 e. The zero-order valence-corrected chi connectivity index (χ0v) is 16.2. The number of aromatic nitrogens is 1. The highest BCUT2D eigenvalue weighted by Gasteiger charge is 2.17. The van der Waals surface area contributed by atoms with E-state index in [2.05, 4.69) is 15.0 Å². The summed E-state index contributed by atoms with van der Waals surface area (Å²) in [5, 5.41) is 16.1. The summed E-state index contributed by atoms with van der Waals surface area (Å²) in [7, 11) is -3.36. The molecule has 0 aliphatic heterocycles. The van der Waals surface area contributed by atoms with E-state index in [1.165, 1.54) is 12.1 Å². The number of nitro groups is 1. The molecule has 9 heteroatoms. The Bertz CT molecular complexity index is 1350. The Labute approximate surface area is 166 Å². The van der Waals surface area contributed by atoms with Crippen molar-refractivity contribution < 1.29 is 18.3 Å². The van der Waals surface area contributed by atoms with Gasteiger partial charge >= 0.3 is 0 Å². The molecule has 0 atom stereocenters. The second kappa shape index (κ2) is 7.02. The molecule has 0 amide bonds. The lowest BCUT2D eigenvalue weighted by Crippen LogP contribution is -2.09. The molecule has 0 unspecified atom stereocenters. The minimum Gasteiger partial charge on any atom is -0.354 e. The third-order valence-corrected chi connectivity index (χ3v) is 5.01. The van der Waals surface area contributed by atoms with Crippen LogP contribution in [0, 0.1) is 10.1 Å². The Balaban J connectivity index is 1.84. The molecule has 0 fully saturated rings. The Kier molecular flexibility index (Phi) is 4.51. The fourth-order valence-corrected chi connectivity index (χ4v) is 3.74. The van der Waals surface area contributed by atoms with E-state index in [0.717, 1.165) is 28.4 Å². The van der Waals surface area contributed by atoms with Gasteiger partial charge in [0.15, 0.2) is 0 Å². The highest BCUT2D eigenvalue weighted by atomic mass is 32.2. The van der Waals surface area contributed by atoms with E-state index in [9.17, 15) is 18.5 Å². The van der Waals surface area contributed by atoms with Crippen LogP contribution in [-0.4, -0.2) is 19.6 Å². The quantitative estimate of drug-likeness (QED) is 0.295. The molecule has 146 valence electrons. The molecule has 0 aliphatic rings. The van der Waals surface area contributed by atoms with Gasteiger partial charge in [-0.25, -0.2) is 13.4 Å². The van der Waals surface area contributed by atoms with E-state index >= 15 is 0 Å². The lowest BCUT2D eigenvalue weighted by atomic mass is 10.1. The molecule has 4 rings (SSSR count). The Hall–Kier alpha value is -3.72. The van der Waals surface area contributed by atoms with E-state index in [1.807, 2.05) is 24.3 Å². The molecule has 3 aromatic carbocycles. The third-order valence-electron chi connectivity index (χ3n) is 4.41. The molecule has 3 N–H and O–H groups in total. The molecular formula is C20H17N4O4S+. The normalized spacial score (nSPS) is 11.5. The fraction of sp³-hybridized carbons (Fsp3) is 0.0500. The Morgan fingerprint density at radius 3 is 2.24 bits per heavy atom. The van der Waals surface area contributed by atoms with Crippen LogP contribution in [0.25, 0.3) is 21.8 Å². The molecule has 29 heavy (non-hydrogen) atoms.